The first-order valence-electron chi connectivity index (χ1n) is 10.7. The number of ether oxygens (including phenoxy) is 1. The molecular formula is C26H20ClN3O4S. The van der Waals surface area contributed by atoms with E-state index in [0.717, 1.165) is 11.4 Å². The molecular weight excluding hydrogens is 486 g/mol. The minimum absolute atomic E-state index is 0.161. The summed E-state index contributed by atoms with van der Waals surface area (Å²) in [5.41, 5.74) is 2.19. The molecule has 0 amide bonds. The first-order valence-corrected chi connectivity index (χ1v) is 11.5. The lowest BCUT2D eigenvalue weighted by molar-refractivity contribution is 0.0697. The summed E-state index contributed by atoms with van der Waals surface area (Å²) in [6.07, 6.45) is 1.72. The number of carboxylic acids is 1. The van der Waals surface area contributed by atoms with Gasteiger partial charge < -0.3 is 24.5 Å². The Labute approximate surface area is 211 Å². The zero-order valence-corrected chi connectivity index (χ0v) is 20.1. The molecule has 7 nitrogen and oxygen atoms in total. The molecule has 1 aliphatic rings. The second kappa shape index (κ2) is 9.40. The summed E-state index contributed by atoms with van der Waals surface area (Å²) in [7, 11) is 1.56. The minimum atomic E-state index is -1.02. The van der Waals surface area contributed by atoms with Gasteiger partial charge >= 0.3 is 5.97 Å². The van der Waals surface area contributed by atoms with Crippen LogP contribution in [0.25, 0.3) is 11.3 Å². The van der Waals surface area contributed by atoms with Crippen LogP contribution in [0.5, 0.6) is 5.75 Å². The van der Waals surface area contributed by atoms with Gasteiger partial charge in [0.25, 0.3) is 0 Å². The van der Waals surface area contributed by atoms with E-state index in [1.54, 1.807) is 55.8 Å². The molecule has 0 spiro atoms. The lowest BCUT2D eigenvalue weighted by atomic mass is 10.0. The third kappa shape index (κ3) is 4.22. The van der Waals surface area contributed by atoms with Crippen LogP contribution in [0.1, 0.15) is 33.9 Å². The number of benzene rings is 2. The maximum atomic E-state index is 11.8. The molecule has 0 unspecified atom stereocenters. The largest absolute Gasteiger partial charge is 0.495 e. The van der Waals surface area contributed by atoms with Gasteiger partial charge in [0.05, 0.1) is 29.4 Å². The third-order valence-electron chi connectivity index (χ3n) is 5.85. The predicted molar refractivity (Wildman–Crippen MR) is 137 cm³/mol. The lowest BCUT2D eigenvalue weighted by Crippen LogP contribution is -2.29. The smallest absolute Gasteiger partial charge is 0.336 e. The minimum Gasteiger partial charge on any atom is -0.495 e. The van der Waals surface area contributed by atoms with Gasteiger partial charge in [0.1, 0.15) is 23.3 Å². The summed E-state index contributed by atoms with van der Waals surface area (Å²) in [5, 5.41) is 13.9. The summed E-state index contributed by atoms with van der Waals surface area (Å²) < 4.78 is 11.6. The highest BCUT2D eigenvalue weighted by Crippen LogP contribution is 2.44. The van der Waals surface area contributed by atoms with Gasteiger partial charge in [0, 0.05) is 17.4 Å². The highest BCUT2D eigenvalue weighted by atomic mass is 35.5. The molecule has 0 bridgehead atoms. The first kappa shape index (κ1) is 22.9. The number of rotatable bonds is 6. The summed E-state index contributed by atoms with van der Waals surface area (Å²) in [5.74, 6) is 0.568. The monoisotopic (exact) mass is 505 g/mol. The summed E-state index contributed by atoms with van der Waals surface area (Å²) in [4.78, 5) is 18.2. The molecule has 2 N–H and O–H groups in total. The van der Waals surface area contributed by atoms with Gasteiger partial charge in [-0.25, -0.2) is 4.79 Å². The number of aromatic nitrogens is 1. The number of hydrogen-bond donors (Lipinski definition) is 2. The van der Waals surface area contributed by atoms with Crippen LogP contribution in [-0.2, 0) is 0 Å². The van der Waals surface area contributed by atoms with E-state index in [9.17, 15) is 9.90 Å². The second-order valence-electron chi connectivity index (χ2n) is 7.87. The molecule has 2 atom stereocenters. The second-order valence-corrected chi connectivity index (χ2v) is 8.66. The van der Waals surface area contributed by atoms with Crippen molar-refractivity contribution in [1.82, 2.24) is 10.3 Å². The van der Waals surface area contributed by atoms with Crippen LogP contribution in [-0.4, -0.2) is 28.3 Å². The topological polar surface area (TPSA) is 87.8 Å². The Kier molecular flexibility index (Phi) is 6.15. The Morgan fingerprint density at radius 2 is 1.94 bits per heavy atom. The molecule has 2 aromatic heterocycles. The third-order valence-corrected chi connectivity index (χ3v) is 6.46. The highest BCUT2D eigenvalue weighted by molar-refractivity contribution is 7.80. The number of methoxy groups -OCH3 is 1. The molecule has 5 rings (SSSR count). The quantitative estimate of drug-likeness (QED) is 0.314. The van der Waals surface area contributed by atoms with Gasteiger partial charge in [0.2, 0.25) is 0 Å². The standard InChI is InChI=1S/C26H20ClN3O4S/c1-33-21-10-9-15(14-18(21)27)30-24(23(29-26(30)35)19-8-4-5-13-28-19)22-12-11-20(34-22)16-6-2-3-7-17(16)25(31)32/h2-14,23-24H,1H3,(H,29,35)(H,31,32)/t23-,24+/m1/s1. The predicted octanol–water partition coefficient (Wildman–Crippen LogP) is 5.88. The van der Waals surface area contributed by atoms with E-state index in [0.29, 0.717) is 33.0 Å². The van der Waals surface area contributed by atoms with Gasteiger partial charge in [-0.05, 0) is 60.7 Å². The van der Waals surface area contributed by atoms with Gasteiger partial charge in [-0.15, -0.1) is 0 Å². The number of halogens is 1. The summed E-state index contributed by atoms with van der Waals surface area (Å²) in [6, 6.07) is 20.7. The fourth-order valence-corrected chi connectivity index (χ4v) is 4.87. The van der Waals surface area contributed by atoms with Gasteiger partial charge in [-0.2, -0.15) is 0 Å². The highest BCUT2D eigenvalue weighted by Gasteiger charge is 2.42. The van der Waals surface area contributed by atoms with Crippen LogP contribution in [0, 0.1) is 0 Å². The van der Waals surface area contributed by atoms with Gasteiger partial charge in [-0.3, -0.25) is 4.98 Å². The molecule has 35 heavy (non-hydrogen) atoms. The van der Waals surface area contributed by atoms with E-state index in [-0.39, 0.29) is 11.6 Å². The molecule has 0 radical (unpaired) electrons. The number of furan rings is 1. The fourth-order valence-electron chi connectivity index (χ4n) is 4.27. The van der Waals surface area contributed by atoms with Crippen molar-refractivity contribution in [3.8, 4) is 17.1 Å². The van der Waals surface area contributed by atoms with Crippen molar-refractivity contribution in [2.75, 3.05) is 12.0 Å². The maximum Gasteiger partial charge on any atom is 0.336 e. The van der Waals surface area contributed by atoms with E-state index in [1.807, 2.05) is 35.2 Å². The van der Waals surface area contributed by atoms with Crippen molar-refractivity contribution in [1.29, 1.82) is 0 Å². The number of carbonyl (C=O) groups is 1. The number of carboxylic acid groups (broad SMARTS) is 1. The Morgan fingerprint density at radius 1 is 1.14 bits per heavy atom. The number of pyridine rings is 1. The van der Waals surface area contributed by atoms with E-state index >= 15 is 0 Å². The van der Waals surface area contributed by atoms with Crippen LogP contribution in [0.4, 0.5) is 5.69 Å². The normalized spacial score (nSPS) is 17.3. The average molecular weight is 506 g/mol. The fraction of sp³-hybridized carbons (Fsp3) is 0.115. The van der Waals surface area contributed by atoms with Crippen LogP contribution < -0.4 is 15.0 Å². The van der Waals surface area contributed by atoms with Gasteiger partial charge in [-0.1, -0.05) is 35.9 Å². The van der Waals surface area contributed by atoms with Crippen LogP contribution in [0.2, 0.25) is 5.02 Å². The molecule has 1 aliphatic heterocycles. The molecule has 1 saturated heterocycles. The number of nitrogens with one attached hydrogen (secondary N) is 1. The SMILES string of the molecule is COc1ccc(N2C(=S)N[C@H](c3ccccn3)[C@@H]2c2ccc(-c3ccccc3C(=O)O)o2)cc1Cl. The molecule has 4 aromatic rings. The zero-order chi connectivity index (χ0) is 24.5. The van der Waals surface area contributed by atoms with Crippen molar-refractivity contribution >= 4 is 40.6 Å². The average Bonchev–Trinajstić information content (AvgIpc) is 3.49. The number of hydrogen-bond acceptors (Lipinski definition) is 5. The van der Waals surface area contributed by atoms with E-state index in [1.165, 1.54) is 0 Å². The van der Waals surface area contributed by atoms with Gasteiger partial charge in [0.15, 0.2) is 5.11 Å². The van der Waals surface area contributed by atoms with E-state index in [4.69, 9.17) is 33.0 Å². The van der Waals surface area contributed by atoms with E-state index < -0.39 is 12.0 Å². The number of nitrogens with zero attached hydrogens (tertiary/aromatic N) is 2. The zero-order valence-electron chi connectivity index (χ0n) is 18.5. The Balaban J connectivity index is 1.62. The van der Waals surface area contributed by atoms with Crippen LogP contribution >= 0.6 is 23.8 Å². The van der Waals surface area contributed by atoms with Crippen molar-refractivity contribution in [2.45, 2.75) is 12.1 Å². The molecule has 3 heterocycles. The molecule has 2 aromatic carbocycles. The van der Waals surface area contributed by atoms with Crippen molar-refractivity contribution in [3.63, 3.8) is 0 Å². The Bertz CT molecular complexity index is 1410. The first-order chi connectivity index (χ1) is 17.0. The molecule has 0 aliphatic carbocycles. The molecule has 9 heteroatoms. The van der Waals surface area contributed by atoms with Crippen molar-refractivity contribution < 1.29 is 19.1 Å². The maximum absolute atomic E-state index is 11.8. The number of thiocarbonyl (C=S) groups is 1. The van der Waals surface area contributed by atoms with Crippen LogP contribution in [0.3, 0.4) is 0 Å². The molecule has 176 valence electrons. The summed E-state index contributed by atoms with van der Waals surface area (Å²) in [6.45, 7) is 0. The van der Waals surface area contributed by atoms with Crippen LogP contribution in [0.15, 0.2) is 83.4 Å². The molecule has 1 fully saturated rings. The molecule has 0 saturated carbocycles. The van der Waals surface area contributed by atoms with E-state index in [2.05, 4.69) is 10.3 Å². The summed E-state index contributed by atoms with van der Waals surface area (Å²) >= 11 is 12.2. The Morgan fingerprint density at radius 3 is 2.66 bits per heavy atom. The lowest BCUT2D eigenvalue weighted by Gasteiger charge is -2.26. The number of anilines is 1. The van der Waals surface area contributed by atoms with Crippen molar-refractivity contribution in [2.24, 2.45) is 0 Å². The number of aromatic carboxylic acids is 1. The van der Waals surface area contributed by atoms with Crippen molar-refractivity contribution in [3.05, 3.63) is 101 Å². The Hall–Kier alpha value is -3.88.